The van der Waals surface area contributed by atoms with E-state index in [1.807, 2.05) is 0 Å². The van der Waals surface area contributed by atoms with Gasteiger partial charge in [-0.05, 0) is 24.0 Å². The fourth-order valence-corrected chi connectivity index (χ4v) is 2.64. The van der Waals surface area contributed by atoms with Crippen LogP contribution in [0.4, 0.5) is 0 Å². The van der Waals surface area contributed by atoms with Crippen molar-refractivity contribution >= 4 is 0 Å². The van der Waals surface area contributed by atoms with Crippen LogP contribution in [0.5, 0.6) is 0 Å². The summed E-state index contributed by atoms with van der Waals surface area (Å²) in [6, 6.07) is 9.96. The van der Waals surface area contributed by atoms with Crippen LogP contribution < -0.4 is 5.73 Å². The Hall–Kier alpha value is -0.860. The second-order valence-electron chi connectivity index (χ2n) is 4.54. The molecule has 0 aromatic heterocycles. The number of hydrogen-bond donors (Lipinski definition) is 1. The molecular weight excluding hydrogens is 172 g/mol. The summed E-state index contributed by atoms with van der Waals surface area (Å²) in [5.74, 6) is 0. The molecule has 1 aromatic carbocycles. The van der Waals surface area contributed by atoms with E-state index in [9.17, 15) is 0 Å². The smallest absolute Gasteiger partial charge is 0.0297 e. The van der Waals surface area contributed by atoms with Gasteiger partial charge in [0.25, 0.3) is 0 Å². The lowest BCUT2D eigenvalue weighted by Gasteiger charge is -2.41. The maximum Gasteiger partial charge on any atom is 0.0297 e. The lowest BCUT2D eigenvalue weighted by atomic mass is 10.0. The molecule has 0 bridgehead atoms. The zero-order valence-corrected chi connectivity index (χ0v) is 8.32. The zero-order valence-electron chi connectivity index (χ0n) is 8.32. The minimum atomic E-state index is 0.429. The monoisotopic (exact) mass is 188 g/mol. The van der Waals surface area contributed by atoms with E-state index in [4.69, 9.17) is 5.73 Å². The van der Waals surface area contributed by atoms with Gasteiger partial charge in [0, 0.05) is 25.2 Å². The Balaban J connectivity index is 1.73. The summed E-state index contributed by atoms with van der Waals surface area (Å²) < 4.78 is 0. The van der Waals surface area contributed by atoms with Gasteiger partial charge in [0.1, 0.15) is 0 Å². The Labute approximate surface area is 84.7 Å². The molecule has 1 aliphatic heterocycles. The molecule has 0 unspecified atom stereocenters. The molecule has 1 aromatic rings. The molecule has 0 atom stereocenters. The molecule has 3 rings (SSSR count). The summed E-state index contributed by atoms with van der Waals surface area (Å²) in [6.45, 7) is 2.19. The Kier molecular flexibility index (Phi) is 1.85. The Bertz CT molecular complexity index is 317. The Morgan fingerprint density at radius 2 is 1.64 bits per heavy atom. The van der Waals surface area contributed by atoms with Crippen LogP contribution in [0.15, 0.2) is 24.3 Å². The van der Waals surface area contributed by atoms with E-state index in [1.54, 1.807) is 0 Å². The molecule has 1 saturated heterocycles. The lowest BCUT2D eigenvalue weighted by molar-refractivity contribution is 0.0988. The third-order valence-corrected chi connectivity index (χ3v) is 3.48. The summed E-state index contributed by atoms with van der Waals surface area (Å²) in [5.41, 5.74) is 8.88. The van der Waals surface area contributed by atoms with Gasteiger partial charge in [-0.1, -0.05) is 24.3 Å². The fraction of sp³-hybridized carbons (Fsp3) is 0.500. The van der Waals surface area contributed by atoms with Crippen molar-refractivity contribution in [2.24, 2.45) is 5.73 Å². The molecule has 0 radical (unpaired) electrons. The second-order valence-corrected chi connectivity index (χ2v) is 4.54. The molecule has 74 valence electrons. The van der Waals surface area contributed by atoms with Gasteiger partial charge in [-0.2, -0.15) is 0 Å². The lowest BCUT2D eigenvalue weighted by Crippen LogP contribution is -2.59. The summed E-state index contributed by atoms with van der Waals surface area (Å²) >= 11 is 0. The number of benzene rings is 1. The molecule has 0 spiro atoms. The van der Waals surface area contributed by atoms with Crippen LogP contribution in [0.1, 0.15) is 11.1 Å². The van der Waals surface area contributed by atoms with Gasteiger partial charge in [0.15, 0.2) is 0 Å². The predicted octanol–water partition coefficient (Wildman–Crippen LogP) is 0.797. The first-order chi connectivity index (χ1) is 6.83. The largest absolute Gasteiger partial charge is 0.325 e. The summed E-state index contributed by atoms with van der Waals surface area (Å²) in [7, 11) is 0. The van der Waals surface area contributed by atoms with E-state index in [1.165, 1.54) is 24.0 Å². The van der Waals surface area contributed by atoms with Gasteiger partial charge in [0.2, 0.25) is 0 Å². The summed E-state index contributed by atoms with van der Waals surface area (Å²) in [5, 5.41) is 0. The second kappa shape index (κ2) is 3.07. The number of rotatable bonds is 1. The molecule has 14 heavy (non-hydrogen) atoms. The van der Waals surface area contributed by atoms with Gasteiger partial charge in [-0.15, -0.1) is 0 Å². The first kappa shape index (κ1) is 8.45. The van der Waals surface area contributed by atoms with Crippen molar-refractivity contribution in [3.8, 4) is 0 Å². The SMILES string of the molecule is NC1CN(C2Cc3ccccc3C2)C1. The highest BCUT2D eigenvalue weighted by Crippen LogP contribution is 2.27. The van der Waals surface area contributed by atoms with Crippen LogP contribution in [-0.4, -0.2) is 30.1 Å². The molecule has 1 fully saturated rings. The van der Waals surface area contributed by atoms with Crippen molar-refractivity contribution in [2.45, 2.75) is 24.9 Å². The van der Waals surface area contributed by atoms with Crippen molar-refractivity contribution < 1.29 is 0 Å². The normalized spacial score (nSPS) is 23.5. The molecule has 2 N–H and O–H groups in total. The molecule has 0 amide bonds. The minimum Gasteiger partial charge on any atom is -0.325 e. The molecule has 2 heteroatoms. The molecule has 2 aliphatic rings. The van der Waals surface area contributed by atoms with Crippen LogP contribution in [0.2, 0.25) is 0 Å². The number of nitrogens with two attached hydrogens (primary N) is 1. The van der Waals surface area contributed by atoms with E-state index in [0.29, 0.717) is 6.04 Å². The fourth-order valence-electron chi connectivity index (χ4n) is 2.64. The van der Waals surface area contributed by atoms with Crippen LogP contribution in [0.25, 0.3) is 0 Å². The molecular formula is C12H16N2. The van der Waals surface area contributed by atoms with Gasteiger partial charge in [-0.3, -0.25) is 4.90 Å². The highest BCUT2D eigenvalue weighted by Gasteiger charge is 2.33. The third-order valence-electron chi connectivity index (χ3n) is 3.48. The topological polar surface area (TPSA) is 29.3 Å². The average Bonchev–Trinajstić information content (AvgIpc) is 2.55. The quantitative estimate of drug-likeness (QED) is 0.706. The van der Waals surface area contributed by atoms with E-state index in [2.05, 4.69) is 29.2 Å². The molecule has 2 nitrogen and oxygen atoms in total. The highest BCUT2D eigenvalue weighted by atomic mass is 15.2. The van der Waals surface area contributed by atoms with Gasteiger partial charge in [-0.25, -0.2) is 0 Å². The van der Waals surface area contributed by atoms with Crippen molar-refractivity contribution in [2.75, 3.05) is 13.1 Å². The summed E-state index contributed by atoms with van der Waals surface area (Å²) in [4.78, 5) is 2.52. The Morgan fingerprint density at radius 1 is 1.07 bits per heavy atom. The van der Waals surface area contributed by atoms with Crippen LogP contribution in [0, 0.1) is 0 Å². The minimum absolute atomic E-state index is 0.429. The number of fused-ring (bicyclic) bond motifs is 1. The average molecular weight is 188 g/mol. The molecule has 1 heterocycles. The van der Waals surface area contributed by atoms with Crippen LogP contribution >= 0.6 is 0 Å². The van der Waals surface area contributed by atoms with Crippen molar-refractivity contribution in [1.29, 1.82) is 0 Å². The van der Waals surface area contributed by atoms with E-state index in [-0.39, 0.29) is 0 Å². The van der Waals surface area contributed by atoms with Gasteiger partial charge < -0.3 is 5.73 Å². The first-order valence-corrected chi connectivity index (χ1v) is 5.39. The van der Waals surface area contributed by atoms with Crippen molar-refractivity contribution in [1.82, 2.24) is 4.90 Å². The van der Waals surface area contributed by atoms with Crippen LogP contribution in [-0.2, 0) is 12.8 Å². The van der Waals surface area contributed by atoms with Crippen molar-refractivity contribution in [3.63, 3.8) is 0 Å². The number of likely N-dealkylation sites (tertiary alicyclic amines) is 1. The maximum atomic E-state index is 5.80. The standard InChI is InChI=1S/C12H16N2/c13-11-7-14(8-11)12-5-9-3-1-2-4-10(9)6-12/h1-4,11-12H,5-8,13H2. The van der Waals surface area contributed by atoms with Crippen molar-refractivity contribution in [3.05, 3.63) is 35.4 Å². The van der Waals surface area contributed by atoms with Crippen LogP contribution in [0.3, 0.4) is 0 Å². The van der Waals surface area contributed by atoms with Gasteiger partial charge >= 0.3 is 0 Å². The van der Waals surface area contributed by atoms with E-state index in [0.717, 1.165) is 19.1 Å². The van der Waals surface area contributed by atoms with E-state index < -0.39 is 0 Å². The zero-order chi connectivity index (χ0) is 9.54. The number of hydrogen-bond acceptors (Lipinski definition) is 2. The Morgan fingerprint density at radius 3 is 2.14 bits per heavy atom. The maximum absolute atomic E-state index is 5.80. The van der Waals surface area contributed by atoms with Gasteiger partial charge in [0.05, 0.1) is 0 Å². The number of nitrogens with zero attached hydrogens (tertiary/aromatic N) is 1. The molecule has 1 aliphatic carbocycles. The first-order valence-electron chi connectivity index (χ1n) is 5.39. The summed E-state index contributed by atoms with van der Waals surface area (Å²) in [6.07, 6.45) is 2.45. The third kappa shape index (κ3) is 1.26. The molecule has 0 saturated carbocycles. The van der Waals surface area contributed by atoms with E-state index >= 15 is 0 Å². The highest BCUT2D eigenvalue weighted by molar-refractivity contribution is 5.33. The predicted molar refractivity (Wildman–Crippen MR) is 57.2 cm³/mol.